The van der Waals surface area contributed by atoms with Gasteiger partial charge in [0.2, 0.25) is 5.91 Å². The number of morpholine rings is 1. The van der Waals surface area contributed by atoms with Crippen molar-refractivity contribution in [3.05, 3.63) is 101 Å². The average molecular weight is 690 g/mol. The van der Waals surface area contributed by atoms with E-state index in [9.17, 15) is 24.9 Å². The van der Waals surface area contributed by atoms with Gasteiger partial charge in [0.05, 0.1) is 44.1 Å². The van der Waals surface area contributed by atoms with E-state index < -0.39 is 41.9 Å². The molecule has 3 aromatic rings. The predicted octanol–water partition coefficient (Wildman–Crippen LogP) is 3.19. The highest BCUT2D eigenvalue weighted by Gasteiger charge is 2.35. The number of amides is 2. The molecule has 0 aromatic heterocycles. The summed E-state index contributed by atoms with van der Waals surface area (Å²) in [7, 11) is 0. The van der Waals surface area contributed by atoms with Crippen LogP contribution in [0, 0.1) is 5.92 Å². The van der Waals surface area contributed by atoms with E-state index in [0.717, 1.165) is 60.9 Å². The van der Waals surface area contributed by atoms with E-state index in [-0.39, 0.29) is 25.4 Å². The van der Waals surface area contributed by atoms with E-state index in [0.29, 0.717) is 19.4 Å². The number of hydrogen-bond donors (Lipinski definition) is 5. The predicted molar refractivity (Wildman–Crippen MR) is 189 cm³/mol. The lowest BCUT2D eigenvalue weighted by Crippen LogP contribution is -2.49. The molecule has 1 heterocycles. The molecular weight excluding hydrogens is 638 g/mol. The minimum atomic E-state index is -1.14. The number of benzene rings is 3. The van der Waals surface area contributed by atoms with E-state index in [1.807, 2.05) is 78.9 Å². The molecule has 11 heteroatoms. The van der Waals surface area contributed by atoms with E-state index in [1.165, 1.54) is 0 Å². The van der Waals surface area contributed by atoms with Gasteiger partial charge in [-0.05, 0) is 67.5 Å². The van der Waals surface area contributed by atoms with Gasteiger partial charge in [0.1, 0.15) is 18.0 Å². The maximum absolute atomic E-state index is 14.1. The Hall–Kier alpha value is -4.00. The summed E-state index contributed by atoms with van der Waals surface area (Å²) >= 11 is 0. The molecule has 5 unspecified atom stereocenters. The standard InChI is InChI=1S/C39H51N3O8/c1-39(2,26-43)50-38(47)40-33(23-27-8-4-3-5-9-27)34(44)25-30(37(46)41-36-32-11-7-6-10-29(32)24-35(36)45)22-28-12-14-31(15-13-28)49-21-18-42-16-19-48-20-17-42/h3-15,30,33-36,43-45H,16-26H2,1-2H3,(H,40,47)(H,41,46). The molecule has 5 rings (SSSR count). The third-order valence-electron chi connectivity index (χ3n) is 9.40. The van der Waals surface area contributed by atoms with Crippen molar-refractivity contribution in [2.75, 3.05) is 46.1 Å². The summed E-state index contributed by atoms with van der Waals surface area (Å²) in [5.41, 5.74) is 2.51. The molecule has 3 aromatic carbocycles. The molecule has 0 radical (unpaired) electrons. The van der Waals surface area contributed by atoms with Crippen LogP contribution >= 0.6 is 0 Å². The Morgan fingerprint density at radius 2 is 1.64 bits per heavy atom. The van der Waals surface area contributed by atoms with Crippen LogP contribution in [-0.4, -0.2) is 102 Å². The number of hydrogen-bond acceptors (Lipinski definition) is 9. The zero-order valence-electron chi connectivity index (χ0n) is 29.0. The molecule has 2 aliphatic rings. The fourth-order valence-corrected chi connectivity index (χ4v) is 6.50. The summed E-state index contributed by atoms with van der Waals surface area (Å²) in [6.07, 6.45) is -1.63. The molecule has 5 N–H and O–H groups in total. The van der Waals surface area contributed by atoms with Gasteiger partial charge in [0.15, 0.2) is 0 Å². The van der Waals surface area contributed by atoms with E-state index in [4.69, 9.17) is 14.2 Å². The minimum absolute atomic E-state index is 0.0231. The number of fused-ring (bicyclic) bond motifs is 1. The van der Waals surface area contributed by atoms with Gasteiger partial charge in [-0.25, -0.2) is 4.79 Å². The summed E-state index contributed by atoms with van der Waals surface area (Å²) in [6.45, 7) is 7.42. The summed E-state index contributed by atoms with van der Waals surface area (Å²) < 4.78 is 16.8. The maximum atomic E-state index is 14.1. The van der Waals surface area contributed by atoms with E-state index in [1.54, 1.807) is 13.8 Å². The Balaban J connectivity index is 1.31. The van der Waals surface area contributed by atoms with Crippen LogP contribution < -0.4 is 15.4 Å². The van der Waals surface area contributed by atoms with Crippen LogP contribution in [0.15, 0.2) is 78.9 Å². The third-order valence-corrected chi connectivity index (χ3v) is 9.40. The fourth-order valence-electron chi connectivity index (χ4n) is 6.50. The fraction of sp³-hybridized carbons (Fsp3) is 0.487. The Bertz CT molecular complexity index is 1510. The molecule has 0 bridgehead atoms. The second-order valence-corrected chi connectivity index (χ2v) is 13.9. The molecule has 1 aliphatic carbocycles. The SMILES string of the molecule is CC(C)(CO)OC(=O)NC(Cc1ccccc1)C(O)CC(Cc1ccc(OCCN2CCOCC2)cc1)C(=O)NC1c2ccccc2CC1O. The zero-order chi connectivity index (χ0) is 35.5. The maximum Gasteiger partial charge on any atom is 0.408 e. The van der Waals surface area contributed by atoms with Crippen LogP contribution in [0.4, 0.5) is 4.79 Å². The number of aliphatic hydroxyl groups is 3. The highest BCUT2D eigenvalue weighted by atomic mass is 16.6. The van der Waals surface area contributed by atoms with Gasteiger partial charge < -0.3 is 40.2 Å². The van der Waals surface area contributed by atoms with Crippen molar-refractivity contribution in [1.82, 2.24) is 15.5 Å². The molecule has 11 nitrogen and oxygen atoms in total. The Kier molecular flexibility index (Phi) is 13.2. The Labute approximate surface area is 294 Å². The van der Waals surface area contributed by atoms with Gasteiger partial charge in [0, 0.05) is 32.0 Å². The summed E-state index contributed by atoms with van der Waals surface area (Å²) in [4.78, 5) is 29.3. The smallest absolute Gasteiger partial charge is 0.408 e. The normalized spacial score (nSPS) is 19.5. The Morgan fingerprint density at radius 1 is 0.960 bits per heavy atom. The van der Waals surface area contributed by atoms with Crippen molar-refractivity contribution in [3.8, 4) is 5.75 Å². The van der Waals surface area contributed by atoms with Crippen LogP contribution in [0.3, 0.4) is 0 Å². The van der Waals surface area contributed by atoms with Gasteiger partial charge in [-0.15, -0.1) is 0 Å². The molecule has 50 heavy (non-hydrogen) atoms. The molecule has 0 saturated carbocycles. The molecule has 270 valence electrons. The second-order valence-electron chi connectivity index (χ2n) is 13.9. The lowest BCUT2D eigenvalue weighted by Gasteiger charge is -2.30. The van der Waals surface area contributed by atoms with Gasteiger partial charge >= 0.3 is 6.09 Å². The lowest BCUT2D eigenvalue weighted by atomic mass is 9.88. The summed E-state index contributed by atoms with van der Waals surface area (Å²) in [5, 5.41) is 38.1. The van der Waals surface area contributed by atoms with Crippen LogP contribution in [0.1, 0.15) is 48.6 Å². The highest BCUT2D eigenvalue weighted by molar-refractivity contribution is 5.80. The van der Waals surface area contributed by atoms with E-state index in [2.05, 4.69) is 15.5 Å². The van der Waals surface area contributed by atoms with Crippen LogP contribution in [-0.2, 0) is 33.5 Å². The quantitative estimate of drug-likeness (QED) is 0.153. The van der Waals surface area contributed by atoms with Crippen molar-refractivity contribution in [2.24, 2.45) is 5.92 Å². The summed E-state index contributed by atoms with van der Waals surface area (Å²) in [5.74, 6) is -0.286. The number of nitrogens with zero attached hydrogens (tertiary/aromatic N) is 1. The topological polar surface area (TPSA) is 150 Å². The van der Waals surface area contributed by atoms with Crippen molar-refractivity contribution in [2.45, 2.75) is 69.4 Å². The molecule has 5 atom stereocenters. The zero-order valence-corrected chi connectivity index (χ0v) is 29.0. The number of ether oxygens (including phenoxy) is 3. The van der Waals surface area contributed by atoms with Crippen LogP contribution in [0.2, 0.25) is 0 Å². The van der Waals surface area contributed by atoms with Gasteiger partial charge in [-0.1, -0.05) is 66.7 Å². The molecule has 0 spiro atoms. The first-order chi connectivity index (χ1) is 24.1. The summed E-state index contributed by atoms with van der Waals surface area (Å²) in [6, 6.07) is 23.4. The molecule has 2 amide bonds. The van der Waals surface area contributed by atoms with Crippen molar-refractivity contribution in [1.29, 1.82) is 0 Å². The van der Waals surface area contributed by atoms with E-state index >= 15 is 0 Å². The van der Waals surface area contributed by atoms with Gasteiger partial charge in [0.25, 0.3) is 0 Å². The molecule has 1 fully saturated rings. The minimum Gasteiger partial charge on any atom is -0.492 e. The first-order valence-electron chi connectivity index (χ1n) is 17.5. The number of nitrogens with one attached hydrogen (secondary N) is 2. The highest BCUT2D eigenvalue weighted by Crippen LogP contribution is 2.32. The lowest BCUT2D eigenvalue weighted by molar-refractivity contribution is -0.127. The third kappa shape index (κ3) is 10.7. The molecule has 1 aliphatic heterocycles. The largest absolute Gasteiger partial charge is 0.492 e. The van der Waals surface area contributed by atoms with Crippen molar-refractivity contribution < 1.29 is 39.1 Å². The average Bonchev–Trinajstić information content (AvgIpc) is 3.43. The Morgan fingerprint density at radius 3 is 2.36 bits per heavy atom. The van der Waals surface area contributed by atoms with Crippen LogP contribution in [0.5, 0.6) is 5.75 Å². The van der Waals surface area contributed by atoms with Crippen molar-refractivity contribution in [3.63, 3.8) is 0 Å². The first kappa shape index (κ1) is 37.3. The first-order valence-corrected chi connectivity index (χ1v) is 17.5. The van der Waals surface area contributed by atoms with Gasteiger partial charge in [-0.3, -0.25) is 9.69 Å². The monoisotopic (exact) mass is 689 g/mol. The number of carbonyl (C=O) groups excluding carboxylic acids is 2. The number of aliphatic hydroxyl groups excluding tert-OH is 3. The molecular formula is C39H51N3O8. The molecule has 1 saturated heterocycles. The number of alkyl carbamates (subject to hydrolysis) is 1. The second kappa shape index (κ2) is 17.8. The van der Waals surface area contributed by atoms with Crippen molar-refractivity contribution >= 4 is 12.0 Å². The van der Waals surface area contributed by atoms with Gasteiger partial charge in [-0.2, -0.15) is 0 Å². The number of carbonyl (C=O) groups is 2. The number of rotatable bonds is 16. The van der Waals surface area contributed by atoms with Crippen LogP contribution in [0.25, 0.3) is 0 Å².